The first-order valence-electron chi connectivity index (χ1n) is 10.1. The summed E-state index contributed by atoms with van der Waals surface area (Å²) in [6.07, 6.45) is 3.66. The molecule has 0 bridgehead atoms. The minimum absolute atomic E-state index is 0.0561. The van der Waals surface area contributed by atoms with Crippen LogP contribution < -0.4 is 20.9 Å². The molecule has 1 saturated heterocycles. The van der Waals surface area contributed by atoms with Crippen LogP contribution in [0.5, 0.6) is 0 Å². The standard InChI is InChI=1S/C21H28N6O2/c1-16-25-18(14-19(26-16)27-12-6-3-7-13-27)22-10-11-23-20(28)15-24-21(29)17-8-4-2-5-9-17/h2,4-5,8-9,14H,3,6-7,10-13,15H2,1H3,(H,23,28)(H,24,29)(H,22,25,26). The van der Waals surface area contributed by atoms with Gasteiger partial charge >= 0.3 is 0 Å². The van der Waals surface area contributed by atoms with E-state index >= 15 is 0 Å². The molecule has 1 aliphatic heterocycles. The van der Waals surface area contributed by atoms with Crippen molar-refractivity contribution in [2.75, 3.05) is 42.9 Å². The van der Waals surface area contributed by atoms with Gasteiger partial charge in [0.25, 0.3) is 5.91 Å². The van der Waals surface area contributed by atoms with Crippen molar-refractivity contribution >= 4 is 23.5 Å². The van der Waals surface area contributed by atoms with Crippen molar-refractivity contribution in [3.8, 4) is 0 Å². The van der Waals surface area contributed by atoms with Crippen LogP contribution in [0.4, 0.5) is 11.6 Å². The van der Waals surface area contributed by atoms with Gasteiger partial charge in [0, 0.05) is 37.8 Å². The number of nitrogens with one attached hydrogen (secondary N) is 3. The summed E-state index contributed by atoms with van der Waals surface area (Å²) in [5.74, 6) is 1.94. The molecule has 1 aromatic heterocycles. The van der Waals surface area contributed by atoms with Crippen LogP contribution in [0.2, 0.25) is 0 Å². The van der Waals surface area contributed by atoms with Crippen molar-refractivity contribution in [2.45, 2.75) is 26.2 Å². The summed E-state index contributed by atoms with van der Waals surface area (Å²) < 4.78 is 0. The van der Waals surface area contributed by atoms with E-state index in [-0.39, 0.29) is 18.4 Å². The SMILES string of the molecule is Cc1nc(NCCNC(=O)CNC(=O)c2ccccc2)cc(N2CCCCC2)n1. The van der Waals surface area contributed by atoms with Gasteiger partial charge in [-0.15, -0.1) is 0 Å². The zero-order chi connectivity index (χ0) is 20.5. The highest BCUT2D eigenvalue weighted by Gasteiger charge is 2.14. The number of amides is 2. The topological polar surface area (TPSA) is 99.2 Å². The number of hydrogen-bond donors (Lipinski definition) is 3. The second-order valence-electron chi connectivity index (χ2n) is 7.03. The quantitative estimate of drug-likeness (QED) is 0.588. The van der Waals surface area contributed by atoms with Crippen molar-refractivity contribution < 1.29 is 9.59 Å². The molecule has 2 aromatic rings. The molecule has 2 amide bonds. The van der Waals surface area contributed by atoms with Gasteiger partial charge in [0.2, 0.25) is 5.91 Å². The molecule has 2 heterocycles. The van der Waals surface area contributed by atoms with Crippen LogP contribution in [0.1, 0.15) is 35.4 Å². The molecule has 1 aromatic carbocycles. The molecule has 29 heavy (non-hydrogen) atoms. The molecule has 0 atom stereocenters. The van der Waals surface area contributed by atoms with Crippen LogP contribution in [0.3, 0.4) is 0 Å². The number of piperidine rings is 1. The number of rotatable bonds is 8. The molecule has 3 N–H and O–H groups in total. The lowest BCUT2D eigenvalue weighted by Gasteiger charge is -2.28. The number of aromatic nitrogens is 2. The summed E-state index contributed by atoms with van der Waals surface area (Å²) in [6.45, 7) is 4.85. The zero-order valence-corrected chi connectivity index (χ0v) is 16.8. The van der Waals surface area contributed by atoms with Crippen molar-refractivity contribution in [2.24, 2.45) is 0 Å². The minimum Gasteiger partial charge on any atom is -0.368 e. The highest BCUT2D eigenvalue weighted by atomic mass is 16.2. The fraction of sp³-hybridized carbons (Fsp3) is 0.429. The summed E-state index contributed by atoms with van der Waals surface area (Å²) in [4.78, 5) is 35.1. The van der Waals surface area contributed by atoms with Crippen molar-refractivity contribution in [3.05, 3.63) is 47.8 Å². The Morgan fingerprint density at radius 2 is 1.76 bits per heavy atom. The summed E-state index contributed by atoms with van der Waals surface area (Å²) in [5, 5.41) is 8.62. The highest BCUT2D eigenvalue weighted by molar-refractivity contribution is 5.96. The lowest BCUT2D eigenvalue weighted by Crippen LogP contribution is -2.38. The maximum absolute atomic E-state index is 11.9. The largest absolute Gasteiger partial charge is 0.368 e. The zero-order valence-electron chi connectivity index (χ0n) is 16.8. The van der Waals surface area contributed by atoms with Gasteiger partial charge in [-0.3, -0.25) is 9.59 Å². The molecular weight excluding hydrogens is 368 g/mol. The van der Waals surface area contributed by atoms with Crippen LogP contribution in [-0.4, -0.2) is 54.5 Å². The molecule has 1 aliphatic rings. The van der Waals surface area contributed by atoms with Gasteiger partial charge in [-0.25, -0.2) is 9.97 Å². The summed E-state index contributed by atoms with van der Waals surface area (Å²) in [7, 11) is 0. The third-order valence-electron chi connectivity index (χ3n) is 4.70. The third kappa shape index (κ3) is 6.44. The van der Waals surface area contributed by atoms with E-state index in [1.807, 2.05) is 19.1 Å². The number of benzene rings is 1. The third-order valence-corrected chi connectivity index (χ3v) is 4.70. The van der Waals surface area contributed by atoms with E-state index < -0.39 is 0 Å². The lowest BCUT2D eigenvalue weighted by molar-refractivity contribution is -0.120. The molecule has 8 nitrogen and oxygen atoms in total. The first-order valence-corrected chi connectivity index (χ1v) is 10.1. The molecule has 3 rings (SSSR count). The molecule has 0 unspecified atom stereocenters. The van der Waals surface area contributed by atoms with Crippen molar-refractivity contribution in [3.63, 3.8) is 0 Å². The van der Waals surface area contributed by atoms with Gasteiger partial charge in [-0.05, 0) is 38.3 Å². The van der Waals surface area contributed by atoms with Gasteiger partial charge in [-0.1, -0.05) is 18.2 Å². The van der Waals surface area contributed by atoms with E-state index in [0.717, 1.165) is 30.5 Å². The number of carbonyl (C=O) groups is 2. The number of nitrogens with zero attached hydrogens (tertiary/aromatic N) is 3. The van der Waals surface area contributed by atoms with Gasteiger partial charge in [0.15, 0.2) is 0 Å². The van der Waals surface area contributed by atoms with Crippen LogP contribution >= 0.6 is 0 Å². The monoisotopic (exact) mass is 396 g/mol. The van der Waals surface area contributed by atoms with E-state index in [9.17, 15) is 9.59 Å². The summed E-state index contributed by atoms with van der Waals surface area (Å²) in [6, 6.07) is 10.8. The van der Waals surface area contributed by atoms with E-state index in [0.29, 0.717) is 18.7 Å². The number of anilines is 2. The maximum Gasteiger partial charge on any atom is 0.251 e. The van der Waals surface area contributed by atoms with Crippen molar-refractivity contribution in [1.29, 1.82) is 0 Å². The average Bonchev–Trinajstić information content (AvgIpc) is 2.76. The van der Waals surface area contributed by atoms with Crippen LogP contribution in [0.15, 0.2) is 36.4 Å². The first-order chi connectivity index (χ1) is 14.1. The van der Waals surface area contributed by atoms with Crippen LogP contribution in [-0.2, 0) is 4.79 Å². The van der Waals surface area contributed by atoms with Crippen LogP contribution in [0, 0.1) is 6.92 Å². The average molecular weight is 396 g/mol. The Morgan fingerprint density at radius 3 is 2.52 bits per heavy atom. The fourth-order valence-electron chi connectivity index (χ4n) is 3.23. The number of aryl methyl sites for hydroxylation is 1. The Hall–Kier alpha value is -3.16. The maximum atomic E-state index is 11.9. The van der Waals surface area contributed by atoms with Gasteiger partial charge in [-0.2, -0.15) is 0 Å². The first kappa shape index (κ1) is 20.6. The van der Waals surface area contributed by atoms with E-state index in [1.165, 1.54) is 19.3 Å². The predicted octanol–water partition coefficient (Wildman–Crippen LogP) is 1.73. The molecule has 0 radical (unpaired) electrons. The molecule has 154 valence electrons. The Labute approximate surface area is 171 Å². The number of hydrogen-bond acceptors (Lipinski definition) is 6. The van der Waals surface area contributed by atoms with E-state index in [4.69, 9.17) is 0 Å². The highest BCUT2D eigenvalue weighted by Crippen LogP contribution is 2.20. The molecule has 1 fully saturated rings. The van der Waals surface area contributed by atoms with Gasteiger partial charge in [0.05, 0.1) is 6.54 Å². The molecule has 0 aliphatic carbocycles. The minimum atomic E-state index is -0.263. The van der Waals surface area contributed by atoms with Gasteiger partial charge < -0.3 is 20.9 Å². The molecule has 0 saturated carbocycles. The molecular formula is C21H28N6O2. The Morgan fingerprint density at radius 1 is 1.00 bits per heavy atom. The Balaban J connectivity index is 1.39. The summed E-state index contributed by atoms with van der Waals surface area (Å²) in [5.41, 5.74) is 0.533. The normalized spacial score (nSPS) is 13.6. The van der Waals surface area contributed by atoms with Gasteiger partial charge in [0.1, 0.15) is 17.5 Å². The van der Waals surface area contributed by atoms with E-state index in [2.05, 4.69) is 30.8 Å². The second-order valence-corrected chi connectivity index (χ2v) is 7.03. The Bertz CT molecular complexity index is 821. The second kappa shape index (κ2) is 10.4. The summed E-state index contributed by atoms with van der Waals surface area (Å²) >= 11 is 0. The number of carbonyl (C=O) groups excluding carboxylic acids is 2. The van der Waals surface area contributed by atoms with E-state index in [1.54, 1.807) is 24.3 Å². The predicted molar refractivity (Wildman–Crippen MR) is 113 cm³/mol. The van der Waals surface area contributed by atoms with Crippen LogP contribution in [0.25, 0.3) is 0 Å². The smallest absolute Gasteiger partial charge is 0.251 e. The molecule has 8 heteroatoms. The molecule has 0 spiro atoms. The Kier molecular flexibility index (Phi) is 7.38. The fourth-order valence-corrected chi connectivity index (χ4v) is 3.23. The van der Waals surface area contributed by atoms with Crippen molar-refractivity contribution in [1.82, 2.24) is 20.6 Å². The lowest BCUT2D eigenvalue weighted by atomic mass is 10.1.